The number of hydrogen-bond acceptors (Lipinski definition) is 3. The number of allylic oxidation sites excluding steroid dienone is 2. The molecule has 3 N–H and O–H groups in total. The van der Waals surface area contributed by atoms with Crippen molar-refractivity contribution in [2.75, 3.05) is 13.1 Å². The number of benzene rings is 1. The monoisotopic (exact) mass is 263 g/mol. The van der Waals surface area contributed by atoms with Gasteiger partial charge in [-0.1, -0.05) is 23.8 Å². The fourth-order valence-electron chi connectivity index (χ4n) is 2.68. The van der Waals surface area contributed by atoms with Crippen LogP contribution >= 0.6 is 11.6 Å². The summed E-state index contributed by atoms with van der Waals surface area (Å²) in [5.74, 6) is -0.218. The molecular weight excluding hydrogens is 250 g/mol. The SMILES string of the molecule is Oc1cc(C2CNCC3=C2C=CC3)cc(Cl)c1O. The first-order valence-corrected chi connectivity index (χ1v) is 6.35. The second-order valence-corrected chi connectivity index (χ2v) is 5.13. The lowest BCUT2D eigenvalue weighted by atomic mass is 9.86. The predicted octanol–water partition coefficient (Wildman–Crippen LogP) is 2.69. The first-order valence-electron chi connectivity index (χ1n) is 5.97. The first-order chi connectivity index (χ1) is 8.66. The molecule has 0 radical (unpaired) electrons. The maximum Gasteiger partial charge on any atom is 0.176 e. The zero-order valence-electron chi connectivity index (χ0n) is 9.78. The molecule has 0 saturated heterocycles. The summed E-state index contributed by atoms with van der Waals surface area (Å²) >= 11 is 5.92. The van der Waals surface area contributed by atoms with Gasteiger partial charge in [-0.2, -0.15) is 0 Å². The predicted molar refractivity (Wildman–Crippen MR) is 71.2 cm³/mol. The molecule has 0 spiro atoms. The molecule has 1 aliphatic carbocycles. The van der Waals surface area contributed by atoms with Gasteiger partial charge in [0, 0.05) is 19.0 Å². The normalized spacial score (nSPS) is 22.4. The van der Waals surface area contributed by atoms with Crippen molar-refractivity contribution < 1.29 is 10.2 Å². The van der Waals surface area contributed by atoms with Gasteiger partial charge in [-0.3, -0.25) is 0 Å². The Hall–Kier alpha value is -1.45. The van der Waals surface area contributed by atoms with E-state index in [0.29, 0.717) is 0 Å². The lowest BCUT2D eigenvalue weighted by Crippen LogP contribution is -2.30. The lowest BCUT2D eigenvalue weighted by molar-refractivity contribution is 0.403. The van der Waals surface area contributed by atoms with Crippen LogP contribution in [-0.2, 0) is 0 Å². The van der Waals surface area contributed by atoms with Gasteiger partial charge < -0.3 is 15.5 Å². The van der Waals surface area contributed by atoms with E-state index in [4.69, 9.17) is 11.6 Å². The van der Waals surface area contributed by atoms with Crippen molar-refractivity contribution in [2.24, 2.45) is 0 Å². The largest absolute Gasteiger partial charge is 0.504 e. The van der Waals surface area contributed by atoms with E-state index in [1.54, 1.807) is 12.1 Å². The van der Waals surface area contributed by atoms with Gasteiger partial charge in [-0.15, -0.1) is 0 Å². The molecule has 1 atom stereocenters. The molecule has 0 saturated carbocycles. The van der Waals surface area contributed by atoms with Gasteiger partial charge in [0.1, 0.15) is 0 Å². The smallest absolute Gasteiger partial charge is 0.176 e. The molecule has 3 nitrogen and oxygen atoms in total. The Balaban J connectivity index is 2.05. The lowest BCUT2D eigenvalue weighted by Gasteiger charge is -2.26. The van der Waals surface area contributed by atoms with Gasteiger partial charge in [0.2, 0.25) is 0 Å². The van der Waals surface area contributed by atoms with E-state index in [0.717, 1.165) is 25.1 Å². The van der Waals surface area contributed by atoms with E-state index in [-0.39, 0.29) is 22.4 Å². The highest BCUT2D eigenvalue weighted by Gasteiger charge is 2.25. The zero-order chi connectivity index (χ0) is 12.7. The van der Waals surface area contributed by atoms with Crippen molar-refractivity contribution in [3.05, 3.63) is 46.0 Å². The molecule has 1 aliphatic heterocycles. The maximum atomic E-state index is 9.66. The van der Waals surface area contributed by atoms with Crippen LogP contribution in [0, 0.1) is 0 Å². The fourth-order valence-corrected chi connectivity index (χ4v) is 2.90. The zero-order valence-corrected chi connectivity index (χ0v) is 10.5. The van der Waals surface area contributed by atoms with E-state index < -0.39 is 0 Å². The van der Waals surface area contributed by atoms with E-state index in [2.05, 4.69) is 17.5 Å². The molecule has 0 amide bonds. The molecular formula is C14H14ClNO2. The van der Waals surface area contributed by atoms with E-state index in [9.17, 15) is 10.2 Å². The average molecular weight is 264 g/mol. The van der Waals surface area contributed by atoms with Crippen molar-refractivity contribution in [3.8, 4) is 11.5 Å². The molecule has 1 unspecified atom stereocenters. The third-order valence-electron chi connectivity index (χ3n) is 3.60. The third kappa shape index (κ3) is 1.80. The summed E-state index contributed by atoms with van der Waals surface area (Å²) in [6.07, 6.45) is 5.31. The molecule has 0 fully saturated rings. The van der Waals surface area contributed by atoms with E-state index >= 15 is 0 Å². The molecule has 3 rings (SSSR count). The van der Waals surface area contributed by atoms with E-state index in [1.807, 2.05) is 0 Å². The van der Waals surface area contributed by atoms with Crippen molar-refractivity contribution in [2.45, 2.75) is 12.3 Å². The number of phenols is 2. The Bertz CT molecular complexity index is 540. The molecule has 1 heterocycles. The number of nitrogens with one attached hydrogen (secondary N) is 1. The minimum absolute atomic E-state index is 0.160. The van der Waals surface area contributed by atoms with Crippen LogP contribution in [0.3, 0.4) is 0 Å². The van der Waals surface area contributed by atoms with Crippen LogP contribution in [0.1, 0.15) is 17.9 Å². The molecule has 94 valence electrons. The third-order valence-corrected chi connectivity index (χ3v) is 3.89. The molecule has 18 heavy (non-hydrogen) atoms. The van der Waals surface area contributed by atoms with Crippen LogP contribution < -0.4 is 5.32 Å². The summed E-state index contributed by atoms with van der Waals surface area (Å²) in [4.78, 5) is 0. The minimum Gasteiger partial charge on any atom is -0.504 e. The van der Waals surface area contributed by atoms with Crippen LogP contribution in [0.2, 0.25) is 5.02 Å². The second kappa shape index (κ2) is 4.34. The van der Waals surface area contributed by atoms with Gasteiger partial charge in [-0.05, 0) is 35.3 Å². The number of phenolic OH excluding ortho intramolecular Hbond substituents is 2. The molecule has 0 bridgehead atoms. The Morgan fingerprint density at radius 3 is 2.89 bits per heavy atom. The minimum atomic E-state index is -0.250. The van der Waals surface area contributed by atoms with E-state index in [1.165, 1.54) is 11.1 Å². The van der Waals surface area contributed by atoms with Crippen LogP contribution in [0.15, 0.2) is 35.4 Å². The van der Waals surface area contributed by atoms with Crippen molar-refractivity contribution in [1.82, 2.24) is 5.32 Å². The number of halogens is 1. The average Bonchev–Trinajstić information content (AvgIpc) is 2.83. The van der Waals surface area contributed by atoms with Crippen LogP contribution in [0.5, 0.6) is 11.5 Å². The van der Waals surface area contributed by atoms with Crippen LogP contribution in [0.25, 0.3) is 0 Å². The standard InChI is InChI=1S/C14H14ClNO2/c15-12-4-9(5-13(17)14(12)18)11-7-16-6-8-2-1-3-10(8)11/h1,3-5,11,16-18H,2,6-7H2. The summed E-state index contributed by atoms with van der Waals surface area (Å²) in [6.45, 7) is 1.75. The van der Waals surface area contributed by atoms with Crippen LogP contribution in [0.4, 0.5) is 0 Å². The Labute approximate surface area is 110 Å². The summed E-state index contributed by atoms with van der Waals surface area (Å²) in [5, 5.41) is 22.7. The summed E-state index contributed by atoms with van der Waals surface area (Å²) in [7, 11) is 0. The number of rotatable bonds is 1. The van der Waals surface area contributed by atoms with Crippen molar-refractivity contribution in [3.63, 3.8) is 0 Å². The topological polar surface area (TPSA) is 52.5 Å². The second-order valence-electron chi connectivity index (χ2n) is 4.72. The summed E-state index contributed by atoms with van der Waals surface area (Å²) in [5.41, 5.74) is 3.64. The number of hydrogen-bond donors (Lipinski definition) is 3. The Morgan fingerprint density at radius 2 is 2.11 bits per heavy atom. The highest BCUT2D eigenvalue weighted by Crippen LogP contribution is 2.40. The Kier molecular flexibility index (Phi) is 2.80. The first kappa shape index (κ1) is 11.6. The van der Waals surface area contributed by atoms with Gasteiger partial charge in [0.15, 0.2) is 11.5 Å². The van der Waals surface area contributed by atoms with Gasteiger partial charge in [0.25, 0.3) is 0 Å². The van der Waals surface area contributed by atoms with Crippen LogP contribution in [-0.4, -0.2) is 23.3 Å². The van der Waals surface area contributed by atoms with Crippen molar-refractivity contribution in [1.29, 1.82) is 0 Å². The summed E-state index contributed by atoms with van der Waals surface area (Å²) in [6, 6.07) is 3.32. The number of aromatic hydroxyl groups is 2. The van der Waals surface area contributed by atoms with Gasteiger partial charge >= 0.3 is 0 Å². The molecule has 1 aromatic rings. The molecule has 4 heteroatoms. The highest BCUT2D eigenvalue weighted by atomic mass is 35.5. The van der Waals surface area contributed by atoms with Gasteiger partial charge in [-0.25, -0.2) is 0 Å². The van der Waals surface area contributed by atoms with Crippen molar-refractivity contribution >= 4 is 11.6 Å². The quantitative estimate of drug-likeness (QED) is 0.683. The maximum absolute atomic E-state index is 9.66. The Morgan fingerprint density at radius 1 is 1.28 bits per heavy atom. The highest BCUT2D eigenvalue weighted by molar-refractivity contribution is 6.32. The molecule has 1 aromatic carbocycles. The van der Waals surface area contributed by atoms with Gasteiger partial charge in [0.05, 0.1) is 5.02 Å². The summed E-state index contributed by atoms with van der Waals surface area (Å²) < 4.78 is 0. The molecule has 2 aliphatic rings. The molecule has 0 aromatic heterocycles. The fraction of sp³-hybridized carbons (Fsp3) is 0.286.